The van der Waals surface area contributed by atoms with Gasteiger partial charge in [-0.25, -0.2) is 0 Å². The van der Waals surface area contributed by atoms with Crippen LogP contribution in [-0.4, -0.2) is 12.6 Å². The molecule has 18 heavy (non-hydrogen) atoms. The Kier molecular flexibility index (Phi) is 11.0. The number of hydrogen-bond acceptors (Lipinski definition) is 2. The normalized spacial score (nSPS) is 15.9. The second-order valence-corrected chi connectivity index (χ2v) is 5.31. The van der Waals surface area contributed by atoms with Crippen molar-refractivity contribution in [3.63, 3.8) is 0 Å². The fraction of sp³-hybridized carbons (Fsp3) is 0.875. The molecule has 2 heteroatoms. The molecule has 0 rings (SSSR count). The molecule has 3 atom stereocenters. The predicted molar refractivity (Wildman–Crippen MR) is 76.6 cm³/mol. The highest BCUT2D eigenvalue weighted by Crippen LogP contribution is 2.29. The Bertz CT molecular complexity index is 213. The summed E-state index contributed by atoms with van der Waals surface area (Å²) in [6.07, 6.45) is 10.8. The molecule has 3 unspecified atom stereocenters. The van der Waals surface area contributed by atoms with Crippen LogP contribution in [-0.2, 0) is 9.59 Å². The lowest BCUT2D eigenvalue weighted by Crippen LogP contribution is -2.25. The maximum atomic E-state index is 11.3. The summed E-state index contributed by atoms with van der Waals surface area (Å²) >= 11 is 0. The summed E-state index contributed by atoms with van der Waals surface area (Å²) in [5, 5.41) is 0. The van der Waals surface area contributed by atoms with Crippen molar-refractivity contribution >= 4 is 12.6 Å². The lowest BCUT2D eigenvalue weighted by atomic mass is 9.76. The molecule has 0 bridgehead atoms. The first-order chi connectivity index (χ1) is 8.74. The van der Waals surface area contributed by atoms with E-state index in [0.717, 1.165) is 44.7 Å². The van der Waals surface area contributed by atoms with Crippen molar-refractivity contribution in [2.75, 3.05) is 0 Å². The van der Waals surface area contributed by atoms with E-state index in [1.807, 2.05) is 6.92 Å². The Morgan fingerprint density at radius 1 is 0.778 bits per heavy atom. The maximum absolute atomic E-state index is 11.3. The van der Waals surface area contributed by atoms with Gasteiger partial charge in [0.15, 0.2) is 0 Å². The SMILES string of the molecule is CCCCCCC(C=O)C(CCC)C(C=O)CC. The van der Waals surface area contributed by atoms with Crippen molar-refractivity contribution in [1.82, 2.24) is 0 Å². The number of carbonyl (C=O) groups is 2. The quantitative estimate of drug-likeness (QED) is 0.382. The zero-order valence-electron chi connectivity index (χ0n) is 12.4. The van der Waals surface area contributed by atoms with Gasteiger partial charge in [0.25, 0.3) is 0 Å². The summed E-state index contributed by atoms with van der Waals surface area (Å²) in [7, 11) is 0. The van der Waals surface area contributed by atoms with Crippen LogP contribution in [0.25, 0.3) is 0 Å². The molecule has 0 aliphatic carbocycles. The third kappa shape index (κ3) is 6.32. The highest BCUT2D eigenvalue weighted by molar-refractivity contribution is 5.59. The Balaban J connectivity index is 4.40. The molecule has 0 saturated carbocycles. The minimum atomic E-state index is 0.0614. The van der Waals surface area contributed by atoms with E-state index < -0.39 is 0 Å². The van der Waals surface area contributed by atoms with Crippen molar-refractivity contribution in [2.45, 2.75) is 72.1 Å². The largest absolute Gasteiger partial charge is 0.303 e. The van der Waals surface area contributed by atoms with E-state index >= 15 is 0 Å². The number of unbranched alkanes of at least 4 members (excludes halogenated alkanes) is 3. The van der Waals surface area contributed by atoms with Crippen LogP contribution in [0, 0.1) is 17.8 Å². The molecule has 0 aromatic carbocycles. The molecule has 0 spiro atoms. The van der Waals surface area contributed by atoms with Gasteiger partial charge in [0, 0.05) is 11.8 Å². The second kappa shape index (κ2) is 11.4. The number of hydrogen-bond donors (Lipinski definition) is 0. The summed E-state index contributed by atoms with van der Waals surface area (Å²) in [5.41, 5.74) is 0. The van der Waals surface area contributed by atoms with Crippen molar-refractivity contribution in [2.24, 2.45) is 17.8 Å². The first-order valence-corrected chi connectivity index (χ1v) is 7.65. The molecule has 0 aliphatic heterocycles. The monoisotopic (exact) mass is 254 g/mol. The summed E-state index contributed by atoms with van der Waals surface area (Å²) in [6.45, 7) is 6.36. The zero-order chi connectivity index (χ0) is 13.8. The number of aldehydes is 2. The van der Waals surface area contributed by atoms with Crippen LogP contribution >= 0.6 is 0 Å². The van der Waals surface area contributed by atoms with Gasteiger partial charge < -0.3 is 9.59 Å². The summed E-state index contributed by atoms with van der Waals surface area (Å²) in [4.78, 5) is 22.4. The molecule has 0 saturated heterocycles. The molecular weight excluding hydrogens is 224 g/mol. The number of rotatable bonds is 12. The average Bonchev–Trinajstić information content (AvgIpc) is 2.40. The average molecular weight is 254 g/mol. The smallest absolute Gasteiger partial charge is 0.123 e. The van der Waals surface area contributed by atoms with Crippen LogP contribution in [0.3, 0.4) is 0 Å². The molecule has 0 N–H and O–H groups in total. The van der Waals surface area contributed by atoms with E-state index in [1.54, 1.807) is 0 Å². The van der Waals surface area contributed by atoms with Crippen molar-refractivity contribution in [1.29, 1.82) is 0 Å². The van der Waals surface area contributed by atoms with Gasteiger partial charge in [0.2, 0.25) is 0 Å². The fourth-order valence-corrected chi connectivity index (χ4v) is 2.77. The molecule has 0 aliphatic rings. The van der Waals surface area contributed by atoms with E-state index in [-0.39, 0.29) is 17.8 Å². The van der Waals surface area contributed by atoms with Gasteiger partial charge in [-0.05, 0) is 25.2 Å². The molecule has 0 amide bonds. The van der Waals surface area contributed by atoms with E-state index in [2.05, 4.69) is 13.8 Å². The van der Waals surface area contributed by atoms with Crippen molar-refractivity contribution < 1.29 is 9.59 Å². The molecule has 106 valence electrons. The van der Waals surface area contributed by atoms with Crippen LogP contribution in [0.5, 0.6) is 0 Å². The molecule has 0 aromatic heterocycles. The molecule has 0 fully saturated rings. The Labute approximate surface area is 113 Å². The highest BCUT2D eigenvalue weighted by atomic mass is 16.1. The summed E-state index contributed by atoms with van der Waals surface area (Å²) < 4.78 is 0. The predicted octanol–water partition coefficient (Wildman–Crippen LogP) is 4.41. The Morgan fingerprint density at radius 3 is 1.89 bits per heavy atom. The zero-order valence-corrected chi connectivity index (χ0v) is 12.4. The Hall–Kier alpha value is -0.660. The highest BCUT2D eigenvalue weighted by Gasteiger charge is 2.26. The maximum Gasteiger partial charge on any atom is 0.123 e. The van der Waals surface area contributed by atoms with Gasteiger partial charge in [0.1, 0.15) is 12.6 Å². The Morgan fingerprint density at radius 2 is 1.44 bits per heavy atom. The lowest BCUT2D eigenvalue weighted by Gasteiger charge is -2.27. The summed E-state index contributed by atoms with van der Waals surface area (Å²) in [5.74, 6) is 0.403. The van der Waals surface area contributed by atoms with E-state index in [4.69, 9.17) is 0 Å². The molecule has 0 aromatic rings. The van der Waals surface area contributed by atoms with Gasteiger partial charge >= 0.3 is 0 Å². The molecule has 2 nitrogen and oxygen atoms in total. The third-order valence-corrected chi connectivity index (χ3v) is 3.93. The standard InChI is InChI=1S/C16H30O2/c1-4-7-8-9-11-15(13-18)16(10-5-2)14(6-3)12-17/h12-16H,4-11H2,1-3H3. The van der Waals surface area contributed by atoms with E-state index in [0.29, 0.717) is 0 Å². The van der Waals surface area contributed by atoms with Crippen LogP contribution < -0.4 is 0 Å². The second-order valence-electron chi connectivity index (χ2n) is 5.31. The van der Waals surface area contributed by atoms with Crippen LogP contribution in [0.1, 0.15) is 72.1 Å². The van der Waals surface area contributed by atoms with Crippen molar-refractivity contribution in [3.8, 4) is 0 Å². The van der Waals surface area contributed by atoms with E-state index in [1.165, 1.54) is 19.3 Å². The minimum Gasteiger partial charge on any atom is -0.303 e. The van der Waals surface area contributed by atoms with Gasteiger partial charge in [-0.2, -0.15) is 0 Å². The van der Waals surface area contributed by atoms with Crippen LogP contribution in [0.2, 0.25) is 0 Å². The van der Waals surface area contributed by atoms with Crippen LogP contribution in [0.4, 0.5) is 0 Å². The molecule has 0 heterocycles. The molecule has 0 radical (unpaired) electrons. The van der Waals surface area contributed by atoms with Crippen molar-refractivity contribution in [3.05, 3.63) is 0 Å². The first-order valence-electron chi connectivity index (χ1n) is 7.65. The lowest BCUT2D eigenvalue weighted by molar-refractivity contribution is -0.117. The minimum absolute atomic E-state index is 0.0614. The first kappa shape index (κ1) is 17.3. The number of carbonyl (C=O) groups excluding carboxylic acids is 2. The summed E-state index contributed by atoms with van der Waals surface area (Å²) in [6, 6.07) is 0. The third-order valence-electron chi connectivity index (χ3n) is 3.93. The van der Waals surface area contributed by atoms with Crippen LogP contribution in [0.15, 0.2) is 0 Å². The van der Waals surface area contributed by atoms with Gasteiger partial charge in [-0.1, -0.05) is 52.9 Å². The topological polar surface area (TPSA) is 34.1 Å². The van der Waals surface area contributed by atoms with Gasteiger partial charge in [0.05, 0.1) is 0 Å². The van der Waals surface area contributed by atoms with Gasteiger partial charge in [-0.15, -0.1) is 0 Å². The van der Waals surface area contributed by atoms with Gasteiger partial charge in [-0.3, -0.25) is 0 Å². The van der Waals surface area contributed by atoms with E-state index in [9.17, 15) is 9.59 Å². The molecular formula is C16H30O2. The fourth-order valence-electron chi connectivity index (χ4n) is 2.77.